The normalized spacial score (nSPS) is 17.7. The van der Waals surface area contributed by atoms with Gasteiger partial charge in [0.1, 0.15) is 11.9 Å². The number of benzene rings is 1. The minimum absolute atomic E-state index is 0.0194. The maximum atomic E-state index is 12.8. The molecule has 1 amide bonds. The number of nitrogens with zero attached hydrogens (tertiary/aromatic N) is 2. The fourth-order valence-corrected chi connectivity index (χ4v) is 3.58. The average molecular weight is 338 g/mol. The highest BCUT2D eigenvalue weighted by molar-refractivity contribution is 8.00. The van der Waals surface area contributed by atoms with E-state index in [1.54, 1.807) is 18.3 Å². The van der Waals surface area contributed by atoms with E-state index in [0.717, 1.165) is 11.3 Å². The first kappa shape index (κ1) is 15.3. The molecule has 4 nitrogen and oxygen atoms in total. The van der Waals surface area contributed by atoms with Crippen LogP contribution < -0.4 is 4.74 Å². The second-order valence-electron chi connectivity index (χ2n) is 4.91. The van der Waals surface area contributed by atoms with Gasteiger partial charge in [0.05, 0.1) is 12.3 Å². The van der Waals surface area contributed by atoms with Crippen molar-refractivity contribution in [3.05, 3.63) is 41.7 Å². The number of likely N-dealkylation sites (tertiary alicyclic amines) is 1. The summed E-state index contributed by atoms with van der Waals surface area (Å²) in [5.41, 5.74) is 0. The highest BCUT2D eigenvalue weighted by Gasteiger charge is 2.27. The fraction of sp³-hybridized carbons (Fsp3) is 0.333. The summed E-state index contributed by atoms with van der Waals surface area (Å²) in [5, 5.41) is 2.52. The lowest BCUT2D eigenvalue weighted by molar-refractivity contribution is -0.127. The van der Waals surface area contributed by atoms with Crippen LogP contribution in [0.4, 0.5) is 4.39 Å². The molecule has 1 aromatic heterocycles. The monoisotopic (exact) mass is 338 g/mol. The molecule has 2 heterocycles. The predicted octanol–water partition coefficient (Wildman–Crippen LogP) is 3.05. The van der Waals surface area contributed by atoms with Gasteiger partial charge in [0.25, 0.3) is 5.19 Å². The molecule has 7 heteroatoms. The van der Waals surface area contributed by atoms with E-state index in [9.17, 15) is 9.18 Å². The molecule has 1 fully saturated rings. The van der Waals surface area contributed by atoms with E-state index in [-0.39, 0.29) is 17.8 Å². The van der Waals surface area contributed by atoms with Gasteiger partial charge in [-0.2, -0.15) is 0 Å². The number of halogens is 1. The van der Waals surface area contributed by atoms with E-state index in [0.29, 0.717) is 24.0 Å². The number of carbonyl (C=O) groups excluding carboxylic acids is 1. The van der Waals surface area contributed by atoms with Gasteiger partial charge in [0, 0.05) is 29.4 Å². The minimum Gasteiger partial charge on any atom is -0.465 e. The Morgan fingerprint density at radius 2 is 2.27 bits per heavy atom. The van der Waals surface area contributed by atoms with Crippen LogP contribution in [0.2, 0.25) is 0 Å². The molecule has 0 radical (unpaired) electrons. The third kappa shape index (κ3) is 3.98. The third-order valence-electron chi connectivity index (χ3n) is 3.35. The lowest BCUT2D eigenvalue weighted by atomic mass is 10.3. The lowest BCUT2D eigenvalue weighted by Gasteiger charge is -2.16. The SMILES string of the molecule is O=C(CSc1ccc(F)cc1)N1CCC(Oc2nccs2)C1. The van der Waals surface area contributed by atoms with Crippen LogP contribution in [0.25, 0.3) is 0 Å². The molecular formula is C15H15FN2O2S2. The minimum atomic E-state index is -0.266. The molecule has 1 aromatic carbocycles. The number of amides is 1. The molecule has 0 N–H and O–H groups in total. The average Bonchev–Trinajstić information content (AvgIpc) is 3.19. The number of carbonyl (C=O) groups is 1. The van der Waals surface area contributed by atoms with Crippen molar-refractivity contribution in [3.8, 4) is 5.19 Å². The van der Waals surface area contributed by atoms with Crippen molar-refractivity contribution in [1.29, 1.82) is 0 Å². The Morgan fingerprint density at radius 1 is 1.45 bits per heavy atom. The number of ether oxygens (including phenoxy) is 1. The van der Waals surface area contributed by atoms with Crippen molar-refractivity contribution in [2.24, 2.45) is 0 Å². The topological polar surface area (TPSA) is 42.4 Å². The largest absolute Gasteiger partial charge is 0.465 e. The highest BCUT2D eigenvalue weighted by Crippen LogP contribution is 2.22. The Bertz CT molecular complexity index is 619. The molecule has 0 spiro atoms. The van der Waals surface area contributed by atoms with E-state index in [2.05, 4.69) is 4.98 Å². The van der Waals surface area contributed by atoms with Gasteiger partial charge in [0.2, 0.25) is 5.91 Å². The standard InChI is InChI=1S/C15H15FN2O2S2/c16-11-1-3-13(4-2-11)22-10-14(19)18-7-5-12(9-18)20-15-17-6-8-21-15/h1-4,6,8,12H,5,7,9-10H2. The molecule has 1 unspecified atom stereocenters. The van der Waals surface area contributed by atoms with Crippen LogP contribution in [0.15, 0.2) is 40.7 Å². The fourth-order valence-electron chi connectivity index (χ4n) is 2.23. The van der Waals surface area contributed by atoms with Crippen LogP contribution in [0, 0.1) is 5.82 Å². The Balaban J connectivity index is 1.46. The molecule has 1 saturated heterocycles. The van der Waals surface area contributed by atoms with Crippen LogP contribution in [-0.4, -0.2) is 40.7 Å². The van der Waals surface area contributed by atoms with Gasteiger partial charge in [-0.3, -0.25) is 4.79 Å². The molecule has 1 aliphatic heterocycles. The van der Waals surface area contributed by atoms with Crippen LogP contribution in [0.5, 0.6) is 5.19 Å². The summed E-state index contributed by atoms with van der Waals surface area (Å²) in [5.74, 6) is 0.173. The summed E-state index contributed by atoms with van der Waals surface area (Å²) in [6, 6.07) is 6.18. The van der Waals surface area contributed by atoms with Crippen LogP contribution in [0.1, 0.15) is 6.42 Å². The first-order valence-corrected chi connectivity index (χ1v) is 8.79. The van der Waals surface area contributed by atoms with Crippen molar-refractivity contribution in [1.82, 2.24) is 9.88 Å². The predicted molar refractivity (Wildman–Crippen MR) is 84.9 cm³/mol. The molecule has 1 aliphatic rings. The summed E-state index contributed by atoms with van der Waals surface area (Å²) in [6.07, 6.45) is 2.55. The smallest absolute Gasteiger partial charge is 0.273 e. The van der Waals surface area contributed by atoms with Crippen LogP contribution >= 0.6 is 23.1 Å². The Hall–Kier alpha value is -1.60. The zero-order valence-corrected chi connectivity index (χ0v) is 13.4. The zero-order valence-electron chi connectivity index (χ0n) is 11.8. The maximum absolute atomic E-state index is 12.8. The van der Waals surface area contributed by atoms with E-state index in [4.69, 9.17) is 4.74 Å². The highest BCUT2D eigenvalue weighted by atomic mass is 32.2. The third-order valence-corrected chi connectivity index (χ3v) is 5.01. The molecule has 22 heavy (non-hydrogen) atoms. The molecule has 116 valence electrons. The van der Waals surface area contributed by atoms with Gasteiger partial charge in [-0.15, -0.1) is 11.8 Å². The molecule has 3 rings (SSSR count). The molecule has 1 atom stereocenters. The first-order valence-electron chi connectivity index (χ1n) is 6.93. The van der Waals surface area contributed by atoms with Crippen molar-refractivity contribution in [3.63, 3.8) is 0 Å². The number of hydrogen-bond acceptors (Lipinski definition) is 5. The van der Waals surface area contributed by atoms with Gasteiger partial charge in [0.15, 0.2) is 0 Å². The number of rotatable bonds is 5. The van der Waals surface area contributed by atoms with Crippen LogP contribution in [0.3, 0.4) is 0 Å². The van der Waals surface area contributed by atoms with E-state index in [1.807, 2.05) is 10.3 Å². The van der Waals surface area contributed by atoms with E-state index in [1.165, 1.54) is 35.2 Å². The van der Waals surface area contributed by atoms with Crippen molar-refractivity contribution >= 4 is 29.0 Å². The number of thioether (sulfide) groups is 1. The summed E-state index contributed by atoms with van der Waals surface area (Å²) in [4.78, 5) is 19.0. The number of aromatic nitrogens is 1. The van der Waals surface area contributed by atoms with Crippen molar-refractivity contribution in [2.45, 2.75) is 17.4 Å². The molecule has 0 saturated carbocycles. The molecular weight excluding hydrogens is 323 g/mol. The zero-order chi connectivity index (χ0) is 15.4. The van der Waals surface area contributed by atoms with Gasteiger partial charge in [-0.05, 0) is 24.3 Å². The molecule has 2 aromatic rings. The van der Waals surface area contributed by atoms with Crippen molar-refractivity contribution < 1.29 is 13.9 Å². The van der Waals surface area contributed by atoms with Crippen molar-refractivity contribution in [2.75, 3.05) is 18.8 Å². The van der Waals surface area contributed by atoms with Gasteiger partial charge in [-0.1, -0.05) is 11.3 Å². The lowest BCUT2D eigenvalue weighted by Crippen LogP contribution is -2.32. The number of thiazole rings is 1. The van der Waals surface area contributed by atoms with Gasteiger partial charge < -0.3 is 9.64 Å². The summed E-state index contributed by atoms with van der Waals surface area (Å²) in [7, 11) is 0. The number of hydrogen-bond donors (Lipinski definition) is 0. The Labute approximate surface area is 136 Å². The molecule has 0 aliphatic carbocycles. The summed E-state index contributed by atoms with van der Waals surface area (Å²) in [6.45, 7) is 1.31. The quantitative estimate of drug-likeness (QED) is 0.786. The van der Waals surface area contributed by atoms with Crippen LogP contribution in [-0.2, 0) is 4.79 Å². The second kappa shape index (κ2) is 7.11. The second-order valence-corrected chi connectivity index (χ2v) is 6.81. The molecule has 0 bridgehead atoms. The summed E-state index contributed by atoms with van der Waals surface area (Å²) >= 11 is 2.88. The van der Waals surface area contributed by atoms with Gasteiger partial charge >= 0.3 is 0 Å². The van der Waals surface area contributed by atoms with E-state index < -0.39 is 0 Å². The first-order chi connectivity index (χ1) is 10.7. The summed E-state index contributed by atoms with van der Waals surface area (Å²) < 4.78 is 18.6. The maximum Gasteiger partial charge on any atom is 0.273 e. The van der Waals surface area contributed by atoms with Gasteiger partial charge in [-0.25, -0.2) is 9.37 Å². The van der Waals surface area contributed by atoms with E-state index >= 15 is 0 Å². The Kier molecular flexibility index (Phi) is 4.94. The Morgan fingerprint density at radius 3 is 3.00 bits per heavy atom.